The van der Waals surface area contributed by atoms with Gasteiger partial charge in [-0.3, -0.25) is 9.78 Å². The smallest absolute Gasteiger partial charge is 0.245 e. The number of benzene rings is 1. The molecule has 0 radical (unpaired) electrons. The molecule has 1 aliphatic heterocycles. The van der Waals surface area contributed by atoms with Crippen molar-refractivity contribution in [3.63, 3.8) is 0 Å². The molecule has 1 saturated heterocycles. The van der Waals surface area contributed by atoms with Gasteiger partial charge in [-0.15, -0.1) is 11.8 Å². The van der Waals surface area contributed by atoms with Crippen molar-refractivity contribution in [2.75, 3.05) is 18.1 Å². The SMILES string of the molecule is CSc1cncc(NC2CCN(Cc3ccc(F)cc3)C2=O)n1. The molecule has 23 heavy (non-hydrogen) atoms. The largest absolute Gasteiger partial charge is 0.357 e. The van der Waals surface area contributed by atoms with Gasteiger partial charge >= 0.3 is 0 Å². The number of anilines is 1. The Morgan fingerprint density at radius 3 is 2.87 bits per heavy atom. The van der Waals surface area contributed by atoms with E-state index in [0.717, 1.165) is 10.6 Å². The number of carbonyl (C=O) groups is 1. The van der Waals surface area contributed by atoms with Gasteiger partial charge in [0.25, 0.3) is 0 Å². The number of rotatable bonds is 5. The molecule has 2 heterocycles. The minimum atomic E-state index is -0.290. The van der Waals surface area contributed by atoms with Gasteiger partial charge in [0.05, 0.1) is 12.4 Å². The number of thioether (sulfide) groups is 1. The molecule has 5 nitrogen and oxygen atoms in total. The maximum atomic E-state index is 12.9. The molecule has 3 rings (SSSR count). The van der Waals surface area contributed by atoms with Gasteiger partial charge in [-0.2, -0.15) is 0 Å². The van der Waals surface area contributed by atoms with E-state index in [-0.39, 0.29) is 17.8 Å². The summed E-state index contributed by atoms with van der Waals surface area (Å²) in [6.07, 6.45) is 5.95. The molecule has 0 spiro atoms. The number of aromatic nitrogens is 2. The molecule has 1 N–H and O–H groups in total. The molecule has 2 aromatic rings. The first-order valence-electron chi connectivity index (χ1n) is 7.31. The Morgan fingerprint density at radius 1 is 1.35 bits per heavy atom. The fourth-order valence-electron chi connectivity index (χ4n) is 2.53. The summed E-state index contributed by atoms with van der Waals surface area (Å²) < 4.78 is 12.9. The van der Waals surface area contributed by atoms with Gasteiger partial charge in [-0.25, -0.2) is 9.37 Å². The maximum absolute atomic E-state index is 12.9. The van der Waals surface area contributed by atoms with Crippen LogP contribution in [0.4, 0.5) is 10.2 Å². The van der Waals surface area contributed by atoms with Crippen LogP contribution in [0, 0.1) is 5.82 Å². The molecule has 1 unspecified atom stereocenters. The number of hydrogen-bond acceptors (Lipinski definition) is 5. The van der Waals surface area contributed by atoms with E-state index < -0.39 is 0 Å². The van der Waals surface area contributed by atoms with Crippen LogP contribution in [0.1, 0.15) is 12.0 Å². The van der Waals surface area contributed by atoms with Gasteiger partial charge < -0.3 is 10.2 Å². The van der Waals surface area contributed by atoms with Crippen LogP contribution in [-0.2, 0) is 11.3 Å². The second kappa shape index (κ2) is 6.95. The van der Waals surface area contributed by atoms with Gasteiger partial charge in [0, 0.05) is 13.1 Å². The number of amides is 1. The fraction of sp³-hybridized carbons (Fsp3) is 0.312. The molecule has 7 heteroatoms. The van der Waals surface area contributed by atoms with E-state index in [9.17, 15) is 9.18 Å². The van der Waals surface area contributed by atoms with E-state index in [4.69, 9.17) is 0 Å². The van der Waals surface area contributed by atoms with Crippen molar-refractivity contribution in [2.45, 2.75) is 24.0 Å². The van der Waals surface area contributed by atoms with E-state index in [0.29, 0.717) is 25.3 Å². The Balaban J connectivity index is 1.63. The van der Waals surface area contributed by atoms with Crippen molar-refractivity contribution >= 4 is 23.5 Å². The van der Waals surface area contributed by atoms with Gasteiger partial charge in [0.2, 0.25) is 5.91 Å². The first-order chi connectivity index (χ1) is 11.2. The van der Waals surface area contributed by atoms with Crippen molar-refractivity contribution in [3.05, 3.63) is 48.0 Å². The number of likely N-dealkylation sites (tertiary alicyclic amines) is 1. The van der Waals surface area contributed by atoms with Crippen LogP contribution in [0.15, 0.2) is 41.7 Å². The van der Waals surface area contributed by atoms with Crippen molar-refractivity contribution in [1.29, 1.82) is 0 Å². The molecule has 1 fully saturated rings. The average molecular weight is 332 g/mol. The first-order valence-corrected chi connectivity index (χ1v) is 8.54. The van der Waals surface area contributed by atoms with E-state index in [1.54, 1.807) is 29.4 Å². The number of nitrogens with one attached hydrogen (secondary N) is 1. The van der Waals surface area contributed by atoms with Crippen LogP contribution in [0.3, 0.4) is 0 Å². The second-order valence-electron chi connectivity index (χ2n) is 5.32. The monoisotopic (exact) mass is 332 g/mol. The standard InChI is InChI=1S/C16H17FN4OS/c1-23-15-9-18-8-14(20-15)19-13-6-7-21(16(13)22)10-11-2-4-12(17)5-3-11/h2-5,8-9,13H,6-7,10H2,1H3,(H,19,20). The predicted octanol–water partition coefficient (Wildman–Crippen LogP) is 2.55. The van der Waals surface area contributed by atoms with E-state index in [1.165, 1.54) is 23.9 Å². The van der Waals surface area contributed by atoms with Crippen LogP contribution in [0.5, 0.6) is 0 Å². The van der Waals surface area contributed by atoms with Gasteiger partial charge in [-0.1, -0.05) is 12.1 Å². The van der Waals surface area contributed by atoms with Crippen molar-refractivity contribution < 1.29 is 9.18 Å². The van der Waals surface area contributed by atoms with E-state index in [2.05, 4.69) is 15.3 Å². The molecule has 0 saturated carbocycles. The Bertz CT molecular complexity index is 695. The Morgan fingerprint density at radius 2 is 2.13 bits per heavy atom. The van der Waals surface area contributed by atoms with Crippen molar-refractivity contribution in [3.8, 4) is 0 Å². The second-order valence-corrected chi connectivity index (χ2v) is 6.15. The summed E-state index contributed by atoms with van der Waals surface area (Å²) in [4.78, 5) is 22.7. The zero-order chi connectivity index (χ0) is 16.2. The highest BCUT2D eigenvalue weighted by molar-refractivity contribution is 7.98. The molecule has 1 aliphatic rings. The minimum absolute atomic E-state index is 0.0330. The van der Waals surface area contributed by atoms with Crippen LogP contribution in [0.2, 0.25) is 0 Å². The fourth-order valence-corrected chi connectivity index (χ4v) is 2.89. The lowest BCUT2D eigenvalue weighted by Crippen LogP contribution is -2.33. The summed E-state index contributed by atoms with van der Waals surface area (Å²) in [5.74, 6) is 0.373. The highest BCUT2D eigenvalue weighted by Crippen LogP contribution is 2.19. The van der Waals surface area contributed by atoms with Crippen LogP contribution in [-0.4, -0.2) is 39.6 Å². The Kier molecular flexibility index (Phi) is 4.76. The van der Waals surface area contributed by atoms with Crippen molar-refractivity contribution in [2.24, 2.45) is 0 Å². The Hall–Kier alpha value is -2.15. The summed E-state index contributed by atoms with van der Waals surface area (Å²) in [6.45, 7) is 1.16. The lowest BCUT2D eigenvalue weighted by Gasteiger charge is -2.17. The molecule has 1 aromatic carbocycles. The number of nitrogens with zero attached hydrogens (tertiary/aromatic N) is 3. The summed E-state index contributed by atoms with van der Waals surface area (Å²) in [6, 6.07) is 5.94. The van der Waals surface area contributed by atoms with E-state index >= 15 is 0 Å². The number of carbonyl (C=O) groups excluding carboxylic acids is 1. The summed E-state index contributed by atoms with van der Waals surface area (Å²) in [7, 11) is 0. The van der Waals surface area contributed by atoms with Crippen LogP contribution >= 0.6 is 11.8 Å². The molecule has 0 bridgehead atoms. The zero-order valence-electron chi connectivity index (χ0n) is 12.7. The number of halogens is 1. The number of hydrogen-bond donors (Lipinski definition) is 1. The molecule has 1 amide bonds. The van der Waals surface area contributed by atoms with Crippen molar-refractivity contribution in [1.82, 2.24) is 14.9 Å². The van der Waals surface area contributed by atoms with Crippen LogP contribution in [0.25, 0.3) is 0 Å². The normalized spacial score (nSPS) is 17.6. The molecule has 120 valence electrons. The third-order valence-corrected chi connectivity index (χ3v) is 4.34. The van der Waals surface area contributed by atoms with Crippen LogP contribution < -0.4 is 5.32 Å². The molecular weight excluding hydrogens is 315 g/mol. The van der Waals surface area contributed by atoms with Gasteiger partial charge in [-0.05, 0) is 30.4 Å². The zero-order valence-corrected chi connectivity index (χ0v) is 13.5. The summed E-state index contributed by atoms with van der Waals surface area (Å²) in [5.41, 5.74) is 0.921. The highest BCUT2D eigenvalue weighted by atomic mass is 32.2. The minimum Gasteiger partial charge on any atom is -0.357 e. The lowest BCUT2D eigenvalue weighted by molar-refractivity contribution is -0.128. The summed E-state index contributed by atoms with van der Waals surface area (Å²) in [5, 5.41) is 3.96. The molecule has 1 aromatic heterocycles. The molecule has 1 atom stereocenters. The quantitative estimate of drug-likeness (QED) is 0.853. The van der Waals surface area contributed by atoms with Gasteiger partial charge in [0.1, 0.15) is 22.7 Å². The third-order valence-electron chi connectivity index (χ3n) is 3.73. The predicted molar refractivity (Wildman–Crippen MR) is 87.7 cm³/mol. The van der Waals surface area contributed by atoms with Gasteiger partial charge in [0.15, 0.2) is 0 Å². The maximum Gasteiger partial charge on any atom is 0.245 e. The molecule has 0 aliphatic carbocycles. The highest BCUT2D eigenvalue weighted by Gasteiger charge is 2.31. The van der Waals surface area contributed by atoms with E-state index in [1.807, 2.05) is 6.26 Å². The third kappa shape index (κ3) is 3.79. The topological polar surface area (TPSA) is 58.1 Å². The average Bonchev–Trinajstić information content (AvgIpc) is 2.90. The lowest BCUT2D eigenvalue weighted by atomic mass is 10.2. The Labute approximate surface area is 138 Å². The first kappa shape index (κ1) is 15.7. The summed E-state index contributed by atoms with van der Waals surface area (Å²) >= 11 is 1.51. The molecular formula is C16H17FN4OS.